The van der Waals surface area contributed by atoms with Crippen LogP contribution in [-0.4, -0.2) is 18.1 Å². The number of hydrogen-bond acceptors (Lipinski definition) is 3. The first kappa shape index (κ1) is 12.4. The predicted molar refractivity (Wildman–Crippen MR) is 76.3 cm³/mol. The normalized spacial score (nSPS) is 16.7. The zero-order valence-electron chi connectivity index (χ0n) is 11.6. The zero-order chi connectivity index (χ0) is 13.2. The Kier molecular flexibility index (Phi) is 3.38. The van der Waals surface area contributed by atoms with Gasteiger partial charge in [-0.05, 0) is 57.0 Å². The van der Waals surface area contributed by atoms with Gasteiger partial charge in [0.05, 0.1) is 6.20 Å². The highest BCUT2D eigenvalue weighted by Crippen LogP contribution is 2.29. The Bertz CT molecular complexity index is 568. The van der Waals surface area contributed by atoms with E-state index in [0.717, 1.165) is 43.1 Å². The van der Waals surface area contributed by atoms with Gasteiger partial charge in [0.25, 0.3) is 0 Å². The molecule has 100 valence electrons. The molecule has 1 N–H and O–H groups in total. The van der Waals surface area contributed by atoms with Crippen molar-refractivity contribution in [1.29, 1.82) is 0 Å². The van der Waals surface area contributed by atoms with Crippen LogP contribution in [0.25, 0.3) is 11.3 Å². The molecule has 0 saturated carbocycles. The van der Waals surface area contributed by atoms with Crippen LogP contribution in [0.4, 0.5) is 0 Å². The highest BCUT2D eigenvalue weighted by Gasteiger charge is 2.20. The molecule has 1 aliphatic heterocycles. The molecule has 0 unspecified atom stereocenters. The molecule has 1 aromatic heterocycles. The van der Waals surface area contributed by atoms with Crippen LogP contribution >= 0.6 is 0 Å². The molecule has 3 heteroatoms. The first-order valence-electron chi connectivity index (χ1n) is 6.98. The number of aromatic nitrogens is 1. The third-order valence-corrected chi connectivity index (χ3v) is 4.00. The second kappa shape index (κ2) is 5.17. The van der Waals surface area contributed by atoms with E-state index in [4.69, 9.17) is 4.42 Å². The standard InChI is InChI=1S/C16H20N2O/c1-11-3-4-14(9-12(11)2)15-10-18-16(19-15)13-5-7-17-8-6-13/h3-4,9-10,13,17H,5-8H2,1-2H3. The molecule has 2 aromatic rings. The molecule has 0 aliphatic carbocycles. The summed E-state index contributed by atoms with van der Waals surface area (Å²) in [6.45, 7) is 6.38. The van der Waals surface area contributed by atoms with Crippen LogP contribution < -0.4 is 5.32 Å². The van der Waals surface area contributed by atoms with Crippen LogP contribution in [0.2, 0.25) is 0 Å². The van der Waals surface area contributed by atoms with E-state index in [0.29, 0.717) is 5.92 Å². The largest absolute Gasteiger partial charge is 0.440 e. The molecule has 0 radical (unpaired) electrons. The average molecular weight is 256 g/mol. The van der Waals surface area contributed by atoms with Crippen molar-refractivity contribution in [3.05, 3.63) is 41.4 Å². The highest BCUT2D eigenvalue weighted by atomic mass is 16.4. The Morgan fingerprint density at radius 2 is 1.95 bits per heavy atom. The zero-order valence-corrected chi connectivity index (χ0v) is 11.6. The third kappa shape index (κ3) is 2.56. The Labute approximate surface area is 114 Å². The van der Waals surface area contributed by atoms with Crippen LogP contribution in [0.5, 0.6) is 0 Å². The van der Waals surface area contributed by atoms with Crippen LogP contribution in [0.1, 0.15) is 35.8 Å². The molecule has 1 fully saturated rings. The van der Waals surface area contributed by atoms with Gasteiger partial charge in [0.2, 0.25) is 0 Å². The topological polar surface area (TPSA) is 38.1 Å². The van der Waals surface area contributed by atoms with Gasteiger partial charge in [0, 0.05) is 11.5 Å². The van der Waals surface area contributed by atoms with Crippen LogP contribution in [0.3, 0.4) is 0 Å². The van der Waals surface area contributed by atoms with Crippen LogP contribution in [-0.2, 0) is 0 Å². The lowest BCUT2D eigenvalue weighted by molar-refractivity contribution is 0.378. The lowest BCUT2D eigenvalue weighted by atomic mass is 9.98. The van der Waals surface area contributed by atoms with Crippen molar-refractivity contribution < 1.29 is 4.42 Å². The summed E-state index contributed by atoms with van der Waals surface area (Å²) in [6.07, 6.45) is 4.10. The summed E-state index contributed by atoms with van der Waals surface area (Å²) >= 11 is 0. The molecule has 1 aromatic carbocycles. The Morgan fingerprint density at radius 1 is 1.16 bits per heavy atom. The van der Waals surface area contributed by atoms with Gasteiger partial charge >= 0.3 is 0 Å². The second-order valence-electron chi connectivity index (χ2n) is 5.39. The number of nitrogens with one attached hydrogen (secondary N) is 1. The molecule has 0 bridgehead atoms. The number of nitrogens with zero attached hydrogens (tertiary/aromatic N) is 1. The number of oxazole rings is 1. The Hall–Kier alpha value is -1.61. The molecule has 3 rings (SSSR count). The van der Waals surface area contributed by atoms with Gasteiger partial charge in [-0.15, -0.1) is 0 Å². The van der Waals surface area contributed by atoms with Gasteiger partial charge in [-0.25, -0.2) is 4.98 Å². The predicted octanol–water partition coefficient (Wildman–Crippen LogP) is 3.43. The lowest BCUT2D eigenvalue weighted by Gasteiger charge is -2.19. The van der Waals surface area contributed by atoms with E-state index in [2.05, 4.69) is 42.3 Å². The van der Waals surface area contributed by atoms with Crippen molar-refractivity contribution in [2.24, 2.45) is 0 Å². The highest BCUT2D eigenvalue weighted by molar-refractivity contribution is 5.58. The minimum atomic E-state index is 0.474. The molecule has 3 nitrogen and oxygen atoms in total. The van der Waals surface area contributed by atoms with Gasteiger partial charge in [-0.3, -0.25) is 0 Å². The lowest BCUT2D eigenvalue weighted by Crippen LogP contribution is -2.26. The van der Waals surface area contributed by atoms with Gasteiger partial charge < -0.3 is 9.73 Å². The number of hydrogen-bond donors (Lipinski definition) is 1. The van der Waals surface area contributed by atoms with Crippen molar-refractivity contribution in [2.45, 2.75) is 32.6 Å². The van der Waals surface area contributed by atoms with Crippen molar-refractivity contribution in [1.82, 2.24) is 10.3 Å². The summed E-state index contributed by atoms with van der Waals surface area (Å²) in [5.41, 5.74) is 3.72. The molecule has 0 amide bonds. The van der Waals surface area contributed by atoms with Crippen molar-refractivity contribution in [2.75, 3.05) is 13.1 Å². The fourth-order valence-electron chi connectivity index (χ4n) is 2.57. The maximum atomic E-state index is 5.97. The number of piperidine rings is 1. The summed E-state index contributed by atoms with van der Waals surface area (Å²) in [5, 5.41) is 3.37. The van der Waals surface area contributed by atoms with Gasteiger partial charge in [-0.1, -0.05) is 12.1 Å². The molecule has 1 aliphatic rings. The molecule has 19 heavy (non-hydrogen) atoms. The minimum Gasteiger partial charge on any atom is -0.440 e. The third-order valence-electron chi connectivity index (χ3n) is 4.00. The van der Waals surface area contributed by atoms with E-state index < -0.39 is 0 Å². The summed E-state index contributed by atoms with van der Waals surface area (Å²) in [7, 11) is 0. The summed E-state index contributed by atoms with van der Waals surface area (Å²) in [5.74, 6) is 2.26. The maximum Gasteiger partial charge on any atom is 0.198 e. The summed E-state index contributed by atoms with van der Waals surface area (Å²) < 4.78 is 5.97. The molecule has 0 spiro atoms. The fraction of sp³-hybridized carbons (Fsp3) is 0.438. The molecule has 2 heterocycles. The van der Waals surface area contributed by atoms with E-state index >= 15 is 0 Å². The summed E-state index contributed by atoms with van der Waals surface area (Å²) in [6, 6.07) is 6.41. The molecular formula is C16H20N2O. The second-order valence-corrected chi connectivity index (χ2v) is 5.39. The monoisotopic (exact) mass is 256 g/mol. The van der Waals surface area contributed by atoms with E-state index in [1.165, 1.54) is 11.1 Å². The van der Waals surface area contributed by atoms with Gasteiger partial charge in [0.15, 0.2) is 11.7 Å². The number of rotatable bonds is 2. The first-order valence-corrected chi connectivity index (χ1v) is 6.98. The van der Waals surface area contributed by atoms with Crippen molar-refractivity contribution in [3.63, 3.8) is 0 Å². The maximum absolute atomic E-state index is 5.97. The molecular weight excluding hydrogens is 236 g/mol. The average Bonchev–Trinajstić information content (AvgIpc) is 2.93. The van der Waals surface area contributed by atoms with Gasteiger partial charge in [-0.2, -0.15) is 0 Å². The smallest absolute Gasteiger partial charge is 0.198 e. The molecule has 1 saturated heterocycles. The molecule has 0 atom stereocenters. The first-order chi connectivity index (χ1) is 9.24. The summed E-state index contributed by atoms with van der Waals surface area (Å²) in [4.78, 5) is 4.47. The Morgan fingerprint density at radius 3 is 2.68 bits per heavy atom. The quantitative estimate of drug-likeness (QED) is 0.894. The van der Waals surface area contributed by atoms with E-state index in [9.17, 15) is 0 Å². The Balaban J connectivity index is 1.85. The fourth-order valence-corrected chi connectivity index (χ4v) is 2.57. The van der Waals surface area contributed by atoms with E-state index in [1.807, 2.05) is 6.20 Å². The SMILES string of the molecule is Cc1ccc(-c2cnc(C3CCNCC3)o2)cc1C. The van der Waals surface area contributed by atoms with Crippen LogP contribution in [0.15, 0.2) is 28.8 Å². The van der Waals surface area contributed by atoms with E-state index in [1.54, 1.807) is 0 Å². The minimum absolute atomic E-state index is 0.474. The number of benzene rings is 1. The van der Waals surface area contributed by atoms with E-state index in [-0.39, 0.29) is 0 Å². The van der Waals surface area contributed by atoms with Crippen molar-refractivity contribution in [3.8, 4) is 11.3 Å². The number of aryl methyl sites for hydroxylation is 2. The van der Waals surface area contributed by atoms with Crippen LogP contribution in [0, 0.1) is 13.8 Å². The van der Waals surface area contributed by atoms with Gasteiger partial charge in [0.1, 0.15) is 0 Å². The van der Waals surface area contributed by atoms with Crippen molar-refractivity contribution >= 4 is 0 Å².